The highest BCUT2D eigenvalue weighted by Gasteiger charge is 2.17. The summed E-state index contributed by atoms with van der Waals surface area (Å²) < 4.78 is 0. The number of aromatic nitrogens is 3. The van der Waals surface area contributed by atoms with Crippen LogP contribution in [0.3, 0.4) is 0 Å². The molecule has 0 spiro atoms. The average molecular weight is 454 g/mol. The lowest BCUT2D eigenvalue weighted by molar-refractivity contribution is 0.189. The van der Waals surface area contributed by atoms with Gasteiger partial charge in [-0.15, -0.1) is 0 Å². The van der Waals surface area contributed by atoms with E-state index in [1.54, 1.807) is 0 Å². The zero-order valence-electron chi connectivity index (χ0n) is 18.9. The van der Waals surface area contributed by atoms with Crippen LogP contribution >= 0.6 is 0 Å². The Morgan fingerprint density at radius 3 is 2.62 bits per heavy atom. The Hall–Kier alpha value is -3.93. The molecule has 3 N–H and O–H groups in total. The molecule has 0 atom stereocenters. The van der Waals surface area contributed by atoms with Crippen molar-refractivity contribution in [2.45, 2.75) is 6.42 Å². The number of aromatic amines is 1. The van der Waals surface area contributed by atoms with Crippen molar-refractivity contribution in [2.24, 2.45) is 0 Å². The molecule has 4 aromatic rings. The van der Waals surface area contributed by atoms with Crippen molar-refractivity contribution in [3.63, 3.8) is 0 Å². The highest BCUT2D eigenvalue weighted by Crippen LogP contribution is 2.29. The van der Waals surface area contributed by atoms with Gasteiger partial charge in [-0.3, -0.25) is 4.90 Å². The smallest absolute Gasteiger partial charge is 0.229 e. The number of benzene rings is 2. The Morgan fingerprint density at radius 2 is 1.85 bits per heavy atom. The number of hydrogen-bond donors (Lipinski definition) is 3. The molecule has 0 aliphatic carbocycles. The Bertz CT molecular complexity index is 1300. The number of aliphatic hydroxyl groups excluding tert-OH is 1. The zero-order valence-corrected chi connectivity index (χ0v) is 18.9. The third kappa shape index (κ3) is 4.71. The minimum Gasteiger partial charge on any atom is -0.395 e. The molecule has 0 radical (unpaired) electrons. The van der Waals surface area contributed by atoms with Crippen LogP contribution in [0.15, 0.2) is 60.8 Å². The quantitative estimate of drug-likeness (QED) is 0.393. The molecule has 0 saturated carbocycles. The Morgan fingerprint density at radius 1 is 1.03 bits per heavy atom. The number of fused-ring (bicyclic) bond motifs is 1. The number of nitrogens with one attached hydrogen (secondary N) is 2. The molecule has 5 rings (SSSR count). The fourth-order valence-electron chi connectivity index (χ4n) is 4.39. The molecule has 1 aliphatic heterocycles. The first-order valence-corrected chi connectivity index (χ1v) is 11.5. The molecule has 1 fully saturated rings. The summed E-state index contributed by atoms with van der Waals surface area (Å²) in [5.74, 6) is 0.515. The normalized spacial score (nSPS) is 14.3. The van der Waals surface area contributed by atoms with Gasteiger partial charge in [0.05, 0.1) is 24.8 Å². The topological polar surface area (TPSA) is 104 Å². The third-order valence-electron chi connectivity index (χ3n) is 6.18. The molecule has 1 saturated heterocycles. The van der Waals surface area contributed by atoms with Gasteiger partial charge < -0.3 is 20.3 Å². The summed E-state index contributed by atoms with van der Waals surface area (Å²) in [6.07, 6.45) is 2.23. The van der Waals surface area contributed by atoms with Crippen LogP contribution in [0.25, 0.3) is 22.3 Å². The first-order chi connectivity index (χ1) is 16.7. The van der Waals surface area contributed by atoms with Gasteiger partial charge in [-0.05, 0) is 42.0 Å². The molecular weight excluding hydrogens is 426 g/mol. The van der Waals surface area contributed by atoms with Crippen LogP contribution < -0.4 is 10.2 Å². The second kappa shape index (κ2) is 9.91. The Balaban J connectivity index is 1.35. The summed E-state index contributed by atoms with van der Waals surface area (Å²) in [7, 11) is 0. The molecule has 1 aliphatic rings. The third-order valence-corrected chi connectivity index (χ3v) is 6.18. The van der Waals surface area contributed by atoms with Crippen LogP contribution in [0.1, 0.15) is 5.56 Å². The molecule has 172 valence electrons. The van der Waals surface area contributed by atoms with Gasteiger partial charge in [0, 0.05) is 61.2 Å². The largest absolute Gasteiger partial charge is 0.395 e. The number of rotatable bonds is 7. The highest BCUT2D eigenvalue weighted by molar-refractivity contribution is 5.92. The maximum absolute atomic E-state index is 9.13. The van der Waals surface area contributed by atoms with Gasteiger partial charge in [0.25, 0.3) is 0 Å². The van der Waals surface area contributed by atoms with Crippen molar-refractivity contribution in [3.8, 4) is 17.3 Å². The van der Waals surface area contributed by atoms with Crippen LogP contribution in [0.2, 0.25) is 0 Å². The van der Waals surface area contributed by atoms with Crippen LogP contribution in [-0.4, -0.2) is 64.3 Å². The predicted octanol–water partition coefficient (Wildman–Crippen LogP) is 3.55. The van der Waals surface area contributed by atoms with Crippen LogP contribution in [0, 0.1) is 11.3 Å². The summed E-state index contributed by atoms with van der Waals surface area (Å²) in [4.78, 5) is 17.3. The maximum Gasteiger partial charge on any atom is 0.229 e. The van der Waals surface area contributed by atoms with Gasteiger partial charge in [-0.2, -0.15) is 10.2 Å². The number of H-pyrrole nitrogens is 1. The number of aliphatic hydroxyl groups is 1. The van der Waals surface area contributed by atoms with Gasteiger partial charge in [0.15, 0.2) is 0 Å². The fraction of sp³-hybridized carbons (Fsp3) is 0.269. The van der Waals surface area contributed by atoms with E-state index >= 15 is 0 Å². The molecule has 0 bridgehead atoms. The summed E-state index contributed by atoms with van der Waals surface area (Å²) >= 11 is 0. The van der Waals surface area contributed by atoms with E-state index in [0.29, 0.717) is 12.4 Å². The number of nitrogens with zero attached hydrogens (tertiary/aromatic N) is 5. The van der Waals surface area contributed by atoms with Crippen molar-refractivity contribution in [1.29, 1.82) is 5.26 Å². The predicted molar refractivity (Wildman–Crippen MR) is 134 cm³/mol. The summed E-state index contributed by atoms with van der Waals surface area (Å²) in [6.45, 7) is 4.78. The zero-order chi connectivity index (χ0) is 23.3. The van der Waals surface area contributed by atoms with E-state index < -0.39 is 0 Å². The fourth-order valence-corrected chi connectivity index (χ4v) is 4.39. The van der Waals surface area contributed by atoms with Crippen LogP contribution in [0.4, 0.5) is 17.3 Å². The van der Waals surface area contributed by atoms with E-state index in [4.69, 9.17) is 15.4 Å². The highest BCUT2D eigenvalue weighted by atomic mass is 16.3. The number of anilines is 3. The van der Waals surface area contributed by atoms with Crippen molar-refractivity contribution in [1.82, 2.24) is 19.9 Å². The molecule has 3 heterocycles. The van der Waals surface area contributed by atoms with E-state index in [9.17, 15) is 0 Å². The number of nitriles is 1. The molecule has 0 unspecified atom stereocenters. The number of β-amino-alcohol motifs (C(OH)–C–C–N with tert-alkyl or cyclic N) is 1. The molecule has 8 heteroatoms. The Kier molecular flexibility index (Phi) is 6.38. The molecule has 2 aromatic heterocycles. The number of hydrogen-bond acceptors (Lipinski definition) is 7. The van der Waals surface area contributed by atoms with E-state index in [1.807, 2.05) is 48.7 Å². The van der Waals surface area contributed by atoms with E-state index in [2.05, 4.69) is 43.3 Å². The molecular formula is C26H27N7O. The van der Waals surface area contributed by atoms with Crippen molar-refractivity contribution < 1.29 is 5.11 Å². The molecule has 8 nitrogen and oxygen atoms in total. The first-order valence-electron chi connectivity index (χ1n) is 11.5. The second-order valence-electron chi connectivity index (χ2n) is 8.40. The van der Waals surface area contributed by atoms with Gasteiger partial charge >= 0.3 is 0 Å². The lowest BCUT2D eigenvalue weighted by atomic mass is 10.0. The summed E-state index contributed by atoms with van der Waals surface area (Å²) in [5.41, 5.74) is 5.60. The monoisotopic (exact) mass is 453 g/mol. The lowest BCUT2D eigenvalue weighted by Gasteiger charge is -2.35. The van der Waals surface area contributed by atoms with Crippen LogP contribution in [0.5, 0.6) is 0 Å². The summed E-state index contributed by atoms with van der Waals surface area (Å²) in [5, 5.41) is 22.5. The van der Waals surface area contributed by atoms with Gasteiger partial charge in [-0.25, -0.2) is 4.98 Å². The standard InChI is InChI=1S/C26H27N7O/c27-10-8-19-2-1-3-20(18-19)24-23-9-11-28-25(23)31-26(30-24)29-21-4-6-22(7-5-21)33-14-12-32(13-15-33)16-17-34/h1-7,9,11,18,34H,8,12-17H2,(H2,28,29,30,31). The SMILES string of the molecule is N#CCc1cccc(-c2nc(Nc3ccc(N4CCN(CCO)CC4)cc3)nc3[nH]ccc23)c1. The van der Waals surface area contributed by atoms with Gasteiger partial charge in [0.2, 0.25) is 5.95 Å². The van der Waals surface area contributed by atoms with E-state index in [1.165, 1.54) is 5.69 Å². The lowest BCUT2D eigenvalue weighted by Crippen LogP contribution is -2.47. The van der Waals surface area contributed by atoms with Crippen molar-refractivity contribution in [2.75, 3.05) is 49.5 Å². The number of piperazine rings is 1. The maximum atomic E-state index is 9.13. The minimum absolute atomic E-state index is 0.212. The van der Waals surface area contributed by atoms with E-state index in [-0.39, 0.29) is 6.61 Å². The van der Waals surface area contributed by atoms with Gasteiger partial charge in [-0.1, -0.05) is 18.2 Å². The Labute approximate surface area is 198 Å². The van der Waals surface area contributed by atoms with E-state index in [0.717, 1.165) is 66.3 Å². The molecule has 0 amide bonds. The van der Waals surface area contributed by atoms with Crippen LogP contribution in [-0.2, 0) is 6.42 Å². The van der Waals surface area contributed by atoms with Gasteiger partial charge in [0.1, 0.15) is 5.65 Å². The molecule has 2 aromatic carbocycles. The minimum atomic E-state index is 0.212. The summed E-state index contributed by atoms with van der Waals surface area (Å²) in [6, 6.07) is 20.4. The molecule has 34 heavy (non-hydrogen) atoms. The van der Waals surface area contributed by atoms with Crippen molar-refractivity contribution in [3.05, 3.63) is 66.4 Å². The first kappa shape index (κ1) is 21.9. The average Bonchev–Trinajstić information content (AvgIpc) is 3.34. The second-order valence-corrected chi connectivity index (χ2v) is 8.40. The van der Waals surface area contributed by atoms with Crippen molar-refractivity contribution >= 4 is 28.4 Å².